The Bertz CT molecular complexity index is 193. The number of likely N-dealkylation sites (tertiary alicyclic amines) is 1. The minimum absolute atomic E-state index is 0.834. The molecule has 0 saturated carbocycles. The first-order valence-corrected chi connectivity index (χ1v) is 6.85. The molecule has 2 fully saturated rings. The second kappa shape index (κ2) is 5.99. The molecule has 1 N–H and O–H groups in total. The molecule has 16 heavy (non-hydrogen) atoms. The van der Waals surface area contributed by atoms with Gasteiger partial charge in [-0.15, -0.1) is 0 Å². The minimum atomic E-state index is 0.834. The summed E-state index contributed by atoms with van der Waals surface area (Å²) in [6.45, 7) is 6.33. The smallest absolute Gasteiger partial charge is 0.0116 e. The molecule has 0 spiro atoms. The summed E-state index contributed by atoms with van der Waals surface area (Å²) in [5, 5.41) is 3.45. The standard InChI is InChI=1S/C13H27N3/c1-15-9-5-12(6-10-15)11-16(2)13-3-7-14-8-4-13/h12-14H,3-11H2,1-2H3. The summed E-state index contributed by atoms with van der Waals surface area (Å²) in [7, 11) is 4.57. The first-order chi connectivity index (χ1) is 7.75. The van der Waals surface area contributed by atoms with Gasteiger partial charge in [0.2, 0.25) is 0 Å². The number of nitrogens with one attached hydrogen (secondary N) is 1. The zero-order chi connectivity index (χ0) is 11.4. The van der Waals surface area contributed by atoms with Crippen LogP contribution in [-0.2, 0) is 0 Å². The molecule has 0 amide bonds. The topological polar surface area (TPSA) is 18.5 Å². The highest BCUT2D eigenvalue weighted by Gasteiger charge is 2.22. The SMILES string of the molecule is CN1CCC(CN(C)C2CCNCC2)CC1. The van der Waals surface area contributed by atoms with Gasteiger partial charge in [-0.3, -0.25) is 0 Å². The summed E-state index contributed by atoms with van der Waals surface area (Å²) in [5.74, 6) is 0.941. The summed E-state index contributed by atoms with van der Waals surface area (Å²) in [6, 6.07) is 0.834. The fourth-order valence-electron chi connectivity index (χ4n) is 3.05. The molecule has 0 radical (unpaired) electrons. The van der Waals surface area contributed by atoms with Crippen molar-refractivity contribution in [3.05, 3.63) is 0 Å². The highest BCUT2D eigenvalue weighted by atomic mass is 15.2. The first kappa shape index (κ1) is 12.3. The van der Waals surface area contributed by atoms with E-state index < -0.39 is 0 Å². The zero-order valence-electron chi connectivity index (χ0n) is 10.9. The molecule has 2 saturated heterocycles. The molecular formula is C13H27N3. The summed E-state index contributed by atoms with van der Waals surface area (Å²) in [4.78, 5) is 5.08. The molecule has 2 heterocycles. The summed E-state index contributed by atoms with van der Waals surface area (Å²) < 4.78 is 0. The van der Waals surface area contributed by atoms with E-state index in [-0.39, 0.29) is 0 Å². The molecule has 2 aliphatic heterocycles. The highest BCUT2D eigenvalue weighted by Crippen LogP contribution is 2.19. The number of nitrogens with zero attached hydrogens (tertiary/aromatic N) is 2. The van der Waals surface area contributed by atoms with Crippen LogP contribution in [0.15, 0.2) is 0 Å². The van der Waals surface area contributed by atoms with Gasteiger partial charge in [0.05, 0.1) is 0 Å². The molecule has 2 rings (SSSR count). The second-order valence-corrected chi connectivity index (χ2v) is 5.67. The number of hydrogen-bond donors (Lipinski definition) is 1. The quantitative estimate of drug-likeness (QED) is 0.773. The van der Waals surface area contributed by atoms with Crippen molar-refractivity contribution in [2.45, 2.75) is 31.7 Å². The molecule has 94 valence electrons. The Hall–Kier alpha value is -0.120. The maximum absolute atomic E-state index is 3.45. The van der Waals surface area contributed by atoms with E-state index in [4.69, 9.17) is 0 Å². The van der Waals surface area contributed by atoms with Crippen LogP contribution in [0.5, 0.6) is 0 Å². The van der Waals surface area contributed by atoms with E-state index in [1.54, 1.807) is 0 Å². The van der Waals surface area contributed by atoms with Crippen molar-refractivity contribution in [3.63, 3.8) is 0 Å². The van der Waals surface area contributed by atoms with Crippen molar-refractivity contribution in [2.24, 2.45) is 5.92 Å². The molecule has 0 bridgehead atoms. The van der Waals surface area contributed by atoms with Crippen LogP contribution < -0.4 is 5.32 Å². The van der Waals surface area contributed by atoms with E-state index >= 15 is 0 Å². The normalized spacial score (nSPS) is 26.4. The number of piperidine rings is 2. The zero-order valence-corrected chi connectivity index (χ0v) is 10.9. The minimum Gasteiger partial charge on any atom is -0.317 e. The third kappa shape index (κ3) is 3.44. The monoisotopic (exact) mass is 225 g/mol. The average Bonchev–Trinajstić information content (AvgIpc) is 2.33. The maximum Gasteiger partial charge on any atom is 0.0116 e. The molecular weight excluding hydrogens is 198 g/mol. The third-order valence-electron chi connectivity index (χ3n) is 4.32. The van der Waals surface area contributed by atoms with Crippen molar-refractivity contribution in [1.82, 2.24) is 15.1 Å². The van der Waals surface area contributed by atoms with E-state index in [2.05, 4.69) is 29.2 Å². The predicted octanol–water partition coefficient (Wildman–Crippen LogP) is 1.01. The van der Waals surface area contributed by atoms with Gasteiger partial charge >= 0.3 is 0 Å². The van der Waals surface area contributed by atoms with Crippen LogP contribution >= 0.6 is 0 Å². The van der Waals surface area contributed by atoms with Crippen molar-refractivity contribution < 1.29 is 0 Å². The Morgan fingerprint density at radius 2 is 1.75 bits per heavy atom. The van der Waals surface area contributed by atoms with Gasteiger partial charge in [0.15, 0.2) is 0 Å². The van der Waals surface area contributed by atoms with E-state index in [1.807, 2.05) is 0 Å². The average molecular weight is 225 g/mol. The summed E-state index contributed by atoms with van der Waals surface area (Å²) in [6.07, 6.45) is 5.46. The van der Waals surface area contributed by atoms with E-state index in [9.17, 15) is 0 Å². The van der Waals surface area contributed by atoms with Gasteiger partial charge in [-0.1, -0.05) is 0 Å². The van der Waals surface area contributed by atoms with E-state index in [0.717, 1.165) is 12.0 Å². The highest BCUT2D eigenvalue weighted by molar-refractivity contribution is 4.79. The van der Waals surface area contributed by atoms with Crippen LogP contribution in [0.25, 0.3) is 0 Å². The largest absolute Gasteiger partial charge is 0.317 e. The van der Waals surface area contributed by atoms with Crippen molar-refractivity contribution >= 4 is 0 Å². The molecule has 0 atom stereocenters. The second-order valence-electron chi connectivity index (χ2n) is 5.67. The fraction of sp³-hybridized carbons (Fsp3) is 1.00. The molecule has 0 unspecified atom stereocenters. The lowest BCUT2D eigenvalue weighted by molar-refractivity contribution is 0.133. The van der Waals surface area contributed by atoms with Gasteiger partial charge in [-0.05, 0) is 71.9 Å². The Kier molecular flexibility index (Phi) is 4.62. The Labute approximate surface area is 100 Å². The summed E-state index contributed by atoms with van der Waals surface area (Å²) in [5.41, 5.74) is 0. The van der Waals surface area contributed by atoms with Gasteiger partial charge in [-0.2, -0.15) is 0 Å². The van der Waals surface area contributed by atoms with Crippen LogP contribution in [0, 0.1) is 5.92 Å². The van der Waals surface area contributed by atoms with Gasteiger partial charge in [0, 0.05) is 12.6 Å². The first-order valence-electron chi connectivity index (χ1n) is 6.85. The lowest BCUT2D eigenvalue weighted by atomic mass is 9.95. The van der Waals surface area contributed by atoms with Crippen LogP contribution in [-0.4, -0.2) is 62.7 Å². The molecule has 3 heteroatoms. The van der Waals surface area contributed by atoms with Crippen LogP contribution in [0.1, 0.15) is 25.7 Å². The Morgan fingerprint density at radius 1 is 1.12 bits per heavy atom. The molecule has 0 aromatic carbocycles. The van der Waals surface area contributed by atoms with Gasteiger partial charge in [0.1, 0.15) is 0 Å². The number of rotatable bonds is 3. The number of hydrogen-bond acceptors (Lipinski definition) is 3. The fourth-order valence-corrected chi connectivity index (χ4v) is 3.05. The summed E-state index contributed by atoms with van der Waals surface area (Å²) >= 11 is 0. The van der Waals surface area contributed by atoms with Crippen molar-refractivity contribution in [2.75, 3.05) is 46.8 Å². The van der Waals surface area contributed by atoms with E-state index in [0.29, 0.717) is 0 Å². The lowest BCUT2D eigenvalue weighted by Gasteiger charge is -2.36. The van der Waals surface area contributed by atoms with Crippen molar-refractivity contribution in [3.8, 4) is 0 Å². The van der Waals surface area contributed by atoms with Crippen molar-refractivity contribution in [1.29, 1.82) is 0 Å². The van der Waals surface area contributed by atoms with Crippen LogP contribution in [0.2, 0.25) is 0 Å². The van der Waals surface area contributed by atoms with Crippen LogP contribution in [0.4, 0.5) is 0 Å². The van der Waals surface area contributed by atoms with Gasteiger partial charge in [-0.25, -0.2) is 0 Å². The molecule has 0 aromatic heterocycles. The van der Waals surface area contributed by atoms with E-state index in [1.165, 1.54) is 58.4 Å². The Balaban J connectivity index is 1.71. The third-order valence-corrected chi connectivity index (χ3v) is 4.32. The molecule has 0 aliphatic carbocycles. The van der Waals surface area contributed by atoms with Gasteiger partial charge in [0.25, 0.3) is 0 Å². The lowest BCUT2D eigenvalue weighted by Crippen LogP contribution is -2.44. The maximum atomic E-state index is 3.45. The predicted molar refractivity (Wildman–Crippen MR) is 68.7 cm³/mol. The van der Waals surface area contributed by atoms with Crippen LogP contribution in [0.3, 0.4) is 0 Å². The Morgan fingerprint density at radius 3 is 2.38 bits per heavy atom. The molecule has 2 aliphatic rings. The van der Waals surface area contributed by atoms with Gasteiger partial charge < -0.3 is 15.1 Å². The molecule has 0 aromatic rings. The molecule has 3 nitrogen and oxygen atoms in total.